The summed E-state index contributed by atoms with van der Waals surface area (Å²) < 4.78 is 5.90. The fraction of sp³-hybridized carbons (Fsp3) is 0.500. The molecule has 1 heterocycles. The summed E-state index contributed by atoms with van der Waals surface area (Å²) in [7, 11) is 0. The Labute approximate surface area is 122 Å². The van der Waals surface area contributed by atoms with Crippen molar-refractivity contribution < 1.29 is 4.74 Å². The second kappa shape index (κ2) is 4.44. The smallest absolute Gasteiger partial charge is 0.101 e. The molecule has 1 aromatic carbocycles. The predicted octanol–water partition coefficient (Wildman–Crippen LogP) is 3.18. The third-order valence-electron chi connectivity index (χ3n) is 4.97. The molecule has 1 spiro atoms. The van der Waals surface area contributed by atoms with Crippen LogP contribution < -0.4 is 0 Å². The van der Waals surface area contributed by atoms with Crippen LogP contribution in [-0.4, -0.2) is 28.5 Å². The SMILES string of the molecule is BrCC1CC2C=CC23C1N3COCc1ccccc1. The summed E-state index contributed by atoms with van der Waals surface area (Å²) in [6, 6.07) is 11.1. The first-order chi connectivity index (χ1) is 9.36. The minimum atomic E-state index is 0.384. The quantitative estimate of drug-likeness (QED) is 0.469. The number of alkyl halides is 1. The summed E-state index contributed by atoms with van der Waals surface area (Å²) in [5.41, 5.74) is 1.64. The van der Waals surface area contributed by atoms with Gasteiger partial charge in [-0.2, -0.15) is 0 Å². The highest BCUT2D eigenvalue weighted by atomic mass is 79.9. The van der Waals surface area contributed by atoms with Gasteiger partial charge in [-0.1, -0.05) is 58.4 Å². The van der Waals surface area contributed by atoms with Crippen LogP contribution in [0.4, 0.5) is 0 Å². The van der Waals surface area contributed by atoms with Crippen LogP contribution in [0, 0.1) is 11.8 Å². The summed E-state index contributed by atoms with van der Waals surface area (Å²) in [6.07, 6.45) is 6.13. The molecular weight excluding hydrogens is 302 g/mol. The molecule has 0 bridgehead atoms. The molecule has 2 aliphatic carbocycles. The summed E-state index contributed by atoms with van der Waals surface area (Å²) in [4.78, 5) is 2.54. The van der Waals surface area contributed by atoms with E-state index in [1.54, 1.807) is 0 Å². The first kappa shape index (κ1) is 12.1. The molecule has 2 nitrogen and oxygen atoms in total. The zero-order valence-corrected chi connectivity index (χ0v) is 12.4. The van der Waals surface area contributed by atoms with E-state index in [0.717, 1.165) is 29.9 Å². The highest BCUT2D eigenvalue weighted by molar-refractivity contribution is 9.09. The van der Waals surface area contributed by atoms with Crippen molar-refractivity contribution in [1.82, 2.24) is 4.90 Å². The van der Waals surface area contributed by atoms with Crippen molar-refractivity contribution in [2.45, 2.75) is 24.6 Å². The van der Waals surface area contributed by atoms with Crippen molar-refractivity contribution in [2.24, 2.45) is 11.8 Å². The molecule has 3 heteroatoms. The average Bonchev–Trinajstić information content (AvgIpc) is 3.05. The topological polar surface area (TPSA) is 12.2 Å². The number of halogens is 1. The Morgan fingerprint density at radius 2 is 2.16 bits per heavy atom. The Bertz CT molecular complexity index is 503. The van der Waals surface area contributed by atoms with Crippen LogP contribution in [0.3, 0.4) is 0 Å². The van der Waals surface area contributed by atoms with Crippen LogP contribution in [0.15, 0.2) is 42.5 Å². The van der Waals surface area contributed by atoms with Gasteiger partial charge in [-0.3, -0.25) is 4.90 Å². The molecule has 4 rings (SSSR count). The second-order valence-corrected chi connectivity index (χ2v) is 6.53. The minimum absolute atomic E-state index is 0.384. The van der Waals surface area contributed by atoms with E-state index in [0.29, 0.717) is 12.1 Å². The molecule has 1 saturated carbocycles. The number of likely N-dealkylation sites (tertiary alicyclic amines) is 1. The van der Waals surface area contributed by atoms with Gasteiger partial charge in [0, 0.05) is 17.3 Å². The summed E-state index contributed by atoms with van der Waals surface area (Å²) in [6.45, 7) is 1.48. The van der Waals surface area contributed by atoms with E-state index in [-0.39, 0.29) is 0 Å². The van der Waals surface area contributed by atoms with E-state index in [9.17, 15) is 0 Å². The molecule has 5 atom stereocenters. The van der Waals surface area contributed by atoms with Gasteiger partial charge >= 0.3 is 0 Å². The Balaban J connectivity index is 1.35. The van der Waals surface area contributed by atoms with Gasteiger partial charge in [-0.15, -0.1) is 0 Å². The lowest BCUT2D eigenvalue weighted by atomic mass is 9.83. The van der Waals surface area contributed by atoms with Gasteiger partial charge in [0.1, 0.15) is 6.73 Å². The van der Waals surface area contributed by atoms with E-state index in [1.165, 1.54) is 12.0 Å². The maximum absolute atomic E-state index is 5.90. The number of rotatable bonds is 5. The molecule has 3 aliphatic rings. The van der Waals surface area contributed by atoms with Crippen LogP contribution in [-0.2, 0) is 11.3 Å². The zero-order chi connectivity index (χ0) is 12.9. The van der Waals surface area contributed by atoms with Crippen LogP contribution in [0.1, 0.15) is 12.0 Å². The molecule has 19 heavy (non-hydrogen) atoms. The Kier molecular flexibility index (Phi) is 2.83. The highest BCUT2D eigenvalue weighted by Crippen LogP contribution is 2.64. The van der Waals surface area contributed by atoms with E-state index < -0.39 is 0 Å². The zero-order valence-electron chi connectivity index (χ0n) is 10.8. The molecular formula is C16H18BrNO. The van der Waals surface area contributed by atoms with Crippen LogP contribution >= 0.6 is 15.9 Å². The molecule has 0 radical (unpaired) electrons. The second-order valence-electron chi connectivity index (χ2n) is 5.88. The van der Waals surface area contributed by atoms with Gasteiger partial charge in [-0.25, -0.2) is 0 Å². The fourth-order valence-corrected chi connectivity index (χ4v) is 4.61. The number of ether oxygens (including phenoxy) is 1. The molecule has 1 saturated heterocycles. The molecule has 0 aromatic heterocycles. The fourth-order valence-electron chi connectivity index (χ4n) is 3.99. The molecule has 0 amide bonds. The number of hydrogen-bond donors (Lipinski definition) is 0. The third kappa shape index (κ3) is 1.68. The van der Waals surface area contributed by atoms with Gasteiger partial charge < -0.3 is 4.74 Å². The van der Waals surface area contributed by atoms with Crippen molar-refractivity contribution in [2.75, 3.05) is 12.1 Å². The van der Waals surface area contributed by atoms with Gasteiger partial charge in [0.25, 0.3) is 0 Å². The van der Waals surface area contributed by atoms with Crippen molar-refractivity contribution in [3.05, 3.63) is 48.0 Å². The molecule has 1 aromatic rings. The van der Waals surface area contributed by atoms with Crippen molar-refractivity contribution in [3.8, 4) is 0 Å². The number of benzene rings is 1. The highest BCUT2D eigenvalue weighted by Gasteiger charge is 2.74. The average molecular weight is 320 g/mol. The Morgan fingerprint density at radius 3 is 2.84 bits per heavy atom. The Hall–Kier alpha value is -0.640. The molecule has 100 valence electrons. The first-order valence-electron chi connectivity index (χ1n) is 7.00. The monoisotopic (exact) mass is 319 g/mol. The van der Waals surface area contributed by atoms with Crippen molar-refractivity contribution in [1.29, 1.82) is 0 Å². The van der Waals surface area contributed by atoms with Gasteiger partial charge in [0.2, 0.25) is 0 Å². The third-order valence-corrected chi connectivity index (χ3v) is 5.80. The molecule has 1 aliphatic heterocycles. The number of piperidine rings is 1. The predicted molar refractivity (Wildman–Crippen MR) is 79.0 cm³/mol. The van der Waals surface area contributed by atoms with E-state index in [4.69, 9.17) is 4.74 Å². The van der Waals surface area contributed by atoms with Gasteiger partial charge in [0.15, 0.2) is 0 Å². The summed E-state index contributed by atoms with van der Waals surface area (Å²) in [5, 5.41) is 1.12. The van der Waals surface area contributed by atoms with Gasteiger partial charge in [-0.05, 0) is 17.9 Å². The van der Waals surface area contributed by atoms with E-state index in [2.05, 4.69) is 57.2 Å². The van der Waals surface area contributed by atoms with Crippen molar-refractivity contribution >= 4 is 15.9 Å². The van der Waals surface area contributed by atoms with Crippen LogP contribution in [0.25, 0.3) is 0 Å². The van der Waals surface area contributed by atoms with Gasteiger partial charge in [0.05, 0.1) is 12.1 Å². The van der Waals surface area contributed by atoms with E-state index >= 15 is 0 Å². The van der Waals surface area contributed by atoms with Crippen LogP contribution in [0.5, 0.6) is 0 Å². The van der Waals surface area contributed by atoms with E-state index in [1.807, 2.05) is 6.07 Å². The Morgan fingerprint density at radius 1 is 1.32 bits per heavy atom. The van der Waals surface area contributed by atoms with Crippen LogP contribution in [0.2, 0.25) is 0 Å². The standard InChI is InChI=1S/C16H18BrNO/c17-9-13-8-14-6-7-16(14)15(13)18(16)11-19-10-12-4-2-1-3-5-12/h1-7,13-15H,8-11H2. The normalized spacial score (nSPS) is 41.5. The molecule has 5 unspecified atom stereocenters. The summed E-state index contributed by atoms with van der Waals surface area (Å²) >= 11 is 3.66. The minimum Gasteiger partial charge on any atom is -0.361 e. The lowest BCUT2D eigenvalue weighted by molar-refractivity contribution is 0.0426. The number of hydrogen-bond acceptors (Lipinski definition) is 2. The lowest BCUT2D eigenvalue weighted by Crippen LogP contribution is -2.32. The summed E-state index contributed by atoms with van der Waals surface area (Å²) in [5.74, 6) is 1.57. The lowest BCUT2D eigenvalue weighted by Gasteiger charge is -2.29. The maximum atomic E-state index is 5.90. The molecule has 2 fully saturated rings. The largest absolute Gasteiger partial charge is 0.361 e. The first-order valence-corrected chi connectivity index (χ1v) is 8.12. The van der Waals surface area contributed by atoms with Crippen molar-refractivity contribution in [3.63, 3.8) is 0 Å². The maximum Gasteiger partial charge on any atom is 0.101 e. The molecule has 0 N–H and O–H groups in total. The number of nitrogens with zero attached hydrogens (tertiary/aromatic N) is 1.